The summed E-state index contributed by atoms with van der Waals surface area (Å²) in [6.07, 6.45) is 0. The van der Waals surface area contributed by atoms with Gasteiger partial charge >= 0.3 is 0 Å². The molecule has 134 valence electrons. The van der Waals surface area contributed by atoms with Gasteiger partial charge in [-0.3, -0.25) is 4.79 Å². The van der Waals surface area contributed by atoms with E-state index in [1.807, 2.05) is 54.6 Å². The van der Waals surface area contributed by atoms with E-state index in [-0.39, 0.29) is 10.7 Å². The molecule has 0 aromatic heterocycles. The van der Waals surface area contributed by atoms with Gasteiger partial charge < -0.3 is 0 Å². The first-order chi connectivity index (χ1) is 13.0. The minimum absolute atomic E-state index is 0.0475. The van der Waals surface area contributed by atoms with E-state index < -0.39 is 10.0 Å². The van der Waals surface area contributed by atoms with Gasteiger partial charge in [0.15, 0.2) is 5.78 Å². The molecule has 0 radical (unpaired) electrons. The minimum atomic E-state index is -3.52. The summed E-state index contributed by atoms with van der Waals surface area (Å²) in [6, 6.07) is 23.7. The summed E-state index contributed by atoms with van der Waals surface area (Å²) in [5, 5.41) is 0. The highest BCUT2D eigenvalue weighted by atomic mass is 32.2. The quantitative estimate of drug-likeness (QED) is 0.755. The Morgan fingerprint density at radius 2 is 1.22 bits per heavy atom. The number of benzene rings is 3. The van der Waals surface area contributed by atoms with Crippen molar-refractivity contribution in [1.82, 2.24) is 4.72 Å². The number of sulfonamides is 1. The SMILES string of the molecule is CNS(=O)(=O)c1ccc(C2=C(c3ccccc3)c3ccccc3C2=O)cc1. The van der Waals surface area contributed by atoms with Gasteiger partial charge in [0.05, 0.1) is 4.90 Å². The van der Waals surface area contributed by atoms with Crippen molar-refractivity contribution in [1.29, 1.82) is 0 Å². The number of nitrogens with one attached hydrogen (secondary N) is 1. The molecule has 0 heterocycles. The lowest BCUT2D eigenvalue weighted by Gasteiger charge is -2.09. The van der Waals surface area contributed by atoms with Gasteiger partial charge in [-0.05, 0) is 35.9 Å². The predicted octanol–water partition coefficient (Wildman–Crippen LogP) is 3.75. The molecule has 0 saturated carbocycles. The average Bonchev–Trinajstić information content (AvgIpc) is 3.01. The van der Waals surface area contributed by atoms with Crippen molar-refractivity contribution >= 4 is 27.0 Å². The van der Waals surface area contributed by atoms with Crippen LogP contribution in [0.25, 0.3) is 11.1 Å². The number of hydrogen-bond acceptors (Lipinski definition) is 3. The molecule has 0 aliphatic heterocycles. The molecule has 5 heteroatoms. The van der Waals surface area contributed by atoms with Crippen molar-refractivity contribution in [2.75, 3.05) is 7.05 Å². The number of allylic oxidation sites excluding steroid dienone is 1. The fourth-order valence-electron chi connectivity index (χ4n) is 3.38. The Labute approximate surface area is 158 Å². The van der Waals surface area contributed by atoms with Gasteiger partial charge in [-0.1, -0.05) is 66.7 Å². The smallest absolute Gasteiger partial charge is 0.240 e. The van der Waals surface area contributed by atoms with Crippen LogP contribution in [0.2, 0.25) is 0 Å². The van der Waals surface area contributed by atoms with Crippen molar-refractivity contribution in [3.05, 3.63) is 101 Å². The van der Waals surface area contributed by atoms with E-state index in [0.717, 1.165) is 16.7 Å². The van der Waals surface area contributed by atoms with E-state index in [0.29, 0.717) is 16.7 Å². The minimum Gasteiger partial charge on any atom is -0.289 e. The summed E-state index contributed by atoms with van der Waals surface area (Å²) < 4.78 is 26.2. The predicted molar refractivity (Wildman–Crippen MR) is 106 cm³/mol. The molecular formula is C22H17NO3S. The van der Waals surface area contributed by atoms with E-state index >= 15 is 0 Å². The zero-order valence-corrected chi connectivity index (χ0v) is 15.5. The standard InChI is InChI=1S/C22H17NO3S/c1-23-27(25,26)17-13-11-16(12-14-17)21-20(15-7-3-2-4-8-15)18-9-5-6-10-19(18)22(21)24/h2-14,23H,1H3. The van der Waals surface area contributed by atoms with Crippen LogP contribution in [0.1, 0.15) is 27.0 Å². The number of Topliss-reactive ketones (excluding diaryl/α,β-unsaturated/α-hetero) is 1. The Hall–Kier alpha value is -3.02. The number of carbonyl (C=O) groups excluding carboxylic acids is 1. The Bertz CT molecular complexity index is 1160. The molecule has 27 heavy (non-hydrogen) atoms. The molecular weight excluding hydrogens is 358 g/mol. The van der Waals surface area contributed by atoms with Crippen molar-refractivity contribution < 1.29 is 13.2 Å². The van der Waals surface area contributed by atoms with Gasteiger partial charge in [-0.15, -0.1) is 0 Å². The van der Waals surface area contributed by atoms with Crippen molar-refractivity contribution in [3.63, 3.8) is 0 Å². The molecule has 3 aromatic rings. The van der Waals surface area contributed by atoms with Gasteiger partial charge in [0.1, 0.15) is 0 Å². The van der Waals surface area contributed by atoms with Crippen LogP contribution in [0.15, 0.2) is 83.8 Å². The Morgan fingerprint density at radius 3 is 1.85 bits per heavy atom. The molecule has 1 aliphatic carbocycles. The van der Waals surface area contributed by atoms with Crippen LogP contribution < -0.4 is 4.72 Å². The molecule has 3 aromatic carbocycles. The Morgan fingerprint density at radius 1 is 0.667 bits per heavy atom. The van der Waals surface area contributed by atoms with Gasteiger partial charge in [0, 0.05) is 16.7 Å². The van der Waals surface area contributed by atoms with Crippen LogP contribution in [0.4, 0.5) is 0 Å². The summed E-state index contributed by atoms with van der Waals surface area (Å²) in [6.45, 7) is 0. The Kier molecular flexibility index (Phi) is 4.26. The van der Waals surface area contributed by atoms with E-state index in [1.165, 1.54) is 19.2 Å². The number of carbonyl (C=O) groups is 1. The molecule has 1 N–H and O–H groups in total. The molecule has 0 atom stereocenters. The summed E-state index contributed by atoms with van der Waals surface area (Å²) in [5.41, 5.74) is 4.69. The maximum absolute atomic E-state index is 13.1. The third-order valence-corrected chi connectivity index (χ3v) is 6.13. The van der Waals surface area contributed by atoms with Crippen molar-refractivity contribution in [2.24, 2.45) is 0 Å². The van der Waals surface area contributed by atoms with Gasteiger partial charge in [0.25, 0.3) is 0 Å². The lowest BCUT2D eigenvalue weighted by Crippen LogP contribution is -2.18. The van der Waals surface area contributed by atoms with E-state index in [1.54, 1.807) is 12.1 Å². The van der Waals surface area contributed by atoms with Crippen LogP contribution in [0.5, 0.6) is 0 Å². The number of ketones is 1. The molecule has 0 bridgehead atoms. The monoisotopic (exact) mass is 375 g/mol. The third kappa shape index (κ3) is 2.91. The van der Waals surface area contributed by atoms with Crippen molar-refractivity contribution in [3.8, 4) is 0 Å². The molecule has 0 fully saturated rings. The highest BCUT2D eigenvalue weighted by Crippen LogP contribution is 2.42. The first kappa shape index (κ1) is 17.4. The third-order valence-electron chi connectivity index (χ3n) is 4.70. The summed E-state index contributed by atoms with van der Waals surface area (Å²) in [5.74, 6) is -0.0475. The summed E-state index contributed by atoms with van der Waals surface area (Å²) in [7, 11) is -2.15. The van der Waals surface area contributed by atoms with Gasteiger partial charge in [0.2, 0.25) is 10.0 Å². The maximum Gasteiger partial charge on any atom is 0.240 e. The lowest BCUT2D eigenvalue weighted by atomic mass is 9.94. The first-order valence-corrected chi connectivity index (χ1v) is 9.99. The van der Waals surface area contributed by atoms with Gasteiger partial charge in [-0.25, -0.2) is 13.1 Å². The van der Waals surface area contributed by atoms with Crippen LogP contribution >= 0.6 is 0 Å². The topological polar surface area (TPSA) is 63.2 Å². The average molecular weight is 375 g/mol. The molecule has 4 rings (SSSR count). The van der Waals surface area contributed by atoms with E-state index in [2.05, 4.69) is 4.72 Å². The largest absolute Gasteiger partial charge is 0.289 e. The second-order valence-electron chi connectivity index (χ2n) is 6.22. The number of rotatable bonds is 4. The second kappa shape index (κ2) is 6.61. The van der Waals surface area contributed by atoms with Gasteiger partial charge in [-0.2, -0.15) is 0 Å². The normalized spacial score (nSPS) is 13.7. The van der Waals surface area contributed by atoms with E-state index in [4.69, 9.17) is 0 Å². The van der Waals surface area contributed by atoms with Crippen LogP contribution in [0, 0.1) is 0 Å². The maximum atomic E-state index is 13.1. The molecule has 0 amide bonds. The Balaban J connectivity index is 1.93. The number of fused-ring (bicyclic) bond motifs is 1. The highest BCUT2D eigenvalue weighted by Gasteiger charge is 2.31. The fourth-order valence-corrected chi connectivity index (χ4v) is 4.11. The lowest BCUT2D eigenvalue weighted by molar-refractivity contribution is 0.105. The zero-order valence-electron chi connectivity index (χ0n) is 14.6. The highest BCUT2D eigenvalue weighted by molar-refractivity contribution is 7.89. The summed E-state index contributed by atoms with van der Waals surface area (Å²) >= 11 is 0. The number of hydrogen-bond donors (Lipinski definition) is 1. The fraction of sp³-hybridized carbons (Fsp3) is 0.0455. The van der Waals surface area contributed by atoms with Crippen LogP contribution in [-0.4, -0.2) is 21.2 Å². The first-order valence-electron chi connectivity index (χ1n) is 8.51. The zero-order chi connectivity index (χ0) is 19.0. The molecule has 0 unspecified atom stereocenters. The molecule has 0 saturated heterocycles. The van der Waals surface area contributed by atoms with Crippen LogP contribution in [0.3, 0.4) is 0 Å². The molecule has 4 nitrogen and oxygen atoms in total. The van der Waals surface area contributed by atoms with Crippen molar-refractivity contribution in [2.45, 2.75) is 4.90 Å². The molecule has 1 aliphatic rings. The van der Waals surface area contributed by atoms with Crippen LogP contribution in [-0.2, 0) is 10.0 Å². The van der Waals surface area contributed by atoms with E-state index in [9.17, 15) is 13.2 Å². The molecule has 0 spiro atoms. The second-order valence-corrected chi connectivity index (χ2v) is 8.11. The summed E-state index contributed by atoms with van der Waals surface area (Å²) in [4.78, 5) is 13.3.